The van der Waals surface area contributed by atoms with Crippen molar-refractivity contribution in [3.63, 3.8) is 0 Å². The minimum atomic E-state index is -0.263. The Morgan fingerprint density at radius 3 is 2.56 bits per heavy atom. The molecule has 3 aromatic carbocycles. The Morgan fingerprint density at radius 2 is 1.84 bits per heavy atom. The molecule has 0 saturated heterocycles. The Labute approximate surface area is 151 Å². The molecule has 0 heterocycles. The van der Waals surface area contributed by atoms with Crippen molar-refractivity contribution in [2.24, 2.45) is 0 Å². The molecule has 3 rings (SSSR count). The lowest BCUT2D eigenvalue weighted by atomic mass is 10.1. The van der Waals surface area contributed by atoms with Crippen LogP contribution in [0.25, 0.3) is 10.8 Å². The number of anilines is 1. The summed E-state index contributed by atoms with van der Waals surface area (Å²) < 4.78 is 10.8. The van der Waals surface area contributed by atoms with Crippen LogP contribution in [-0.2, 0) is 0 Å². The topological polar surface area (TPSA) is 47.6 Å². The molecule has 128 valence electrons. The van der Waals surface area contributed by atoms with Crippen molar-refractivity contribution >= 4 is 34.0 Å². The van der Waals surface area contributed by atoms with Crippen LogP contribution in [0.1, 0.15) is 17.3 Å². The highest BCUT2D eigenvalue weighted by Gasteiger charge is 2.16. The van der Waals surface area contributed by atoms with Crippen LogP contribution in [0.4, 0.5) is 5.69 Å². The Hall–Kier alpha value is -2.72. The Kier molecular flexibility index (Phi) is 5.10. The maximum atomic E-state index is 12.6. The second-order valence-electron chi connectivity index (χ2n) is 5.44. The minimum absolute atomic E-state index is 0.263. The first-order chi connectivity index (χ1) is 12.1. The van der Waals surface area contributed by atoms with E-state index in [-0.39, 0.29) is 5.91 Å². The number of nitrogens with one attached hydrogen (secondary N) is 1. The predicted molar refractivity (Wildman–Crippen MR) is 101 cm³/mol. The SMILES string of the molecule is CCOc1cc(C(=O)Nc2ccc3ccccc3c2)cc(Cl)c1OC. The number of ether oxygens (including phenoxy) is 2. The molecule has 1 N–H and O–H groups in total. The van der Waals surface area contributed by atoms with Crippen molar-refractivity contribution in [2.45, 2.75) is 6.92 Å². The van der Waals surface area contributed by atoms with Gasteiger partial charge in [0.05, 0.1) is 18.7 Å². The molecule has 3 aromatic rings. The summed E-state index contributed by atoms with van der Waals surface area (Å²) >= 11 is 6.21. The van der Waals surface area contributed by atoms with Crippen LogP contribution in [-0.4, -0.2) is 19.6 Å². The van der Waals surface area contributed by atoms with Crippen LogP contribution in [0.5, 0.6) is 11.5 Å². The van der Waals surface area contributed by atoms with E-state index in [0.29, 0.717) is 34.4 Å². The van der Waals surface area contributed by atoms with Gasteiger partial charge in [0.25, 0.3) is 5.91 Å². The quantitative estimate of drug-likeness (QED) is 0.688. The van der Waals surface area contributed by atoms with Gasteiger partial charge in [-0.3, -0.25) is 4.79 Å². The summed E-state index contributed by atoms with van der Waals surface area (Å²) in [4.78, 5) is 12.6. The van der Waals surface area contributed by atoms with Crippen molar-refractivity contribution in [3.8, 4) is 11.5 Å². The minimum Gasteiger partial charge on any atom is -0.491 e. The molecule has 0 unspecified atom stereocenters. The average Bonchev–Trinajstić information content (AvgIpc) is 2.61. The highest BCUT2D eigenvalue weighted by atomic mass is 35.5. The largest absolute Gasteiger partial charge is 0.491 e. The first-order valence-electron chi connectivity index (χ1n) is 7.93. The third-order valence-corrected chi connectivity index (χ3v) is 4.06. The lowest BCUT2D eigenvalue weighted by Gasteiger charge is -2.13. The average molecular weight is 356 g/mol. The smallest absolute Gasteiger partial charge is 0.255 e. The van der Waals surface area contributed by atoms with Crippen LogP contribution < -0.4 is 14.8 Å². The molecule has 0 aliphatic rings. The molecule has 0 atom stereocenters. The summed E-state index contributed by atoms with van der Waals surface area (Å²) in [6.45, 7) is 2.30. The molecular weight excluding hydrogens is 338 g/mol. The Bertz CT molecular complexity index is 924. The van der Waals surface area contributed by atoms with Gasteiger partial charge in [-0.1, -0.05) is 41.9 Å². The van der Waals surface area contributed by atoms with Crippen LogP contribution in [0.2, 0.25) is 5.02 Å². The van der Waals surface area contributed by atoms with Crippen molar-refractivity contribution in [2.75, 3.05) is 19.0 Å². The van der Waals surface area contributed by atoms with Gasteiger partial charge in [0.1, 0.15) is 0 Å². The summed E-state index contributed by atoms with van der Waals surface area (Å²) in [5.74, 6) is 0.604. The highest BCUT2D eigenvalue weighted by Crippen LogP contribution is 2.36. The maximum absolute atomic E-state index is 12.6. The lowest BCUT2D eigenvalue weighted by Crippen LogP contribution is -2.12. The summed E-state index contributed by atoms with van der Waals surface area (Å²) in [5, 5.41) is 5.40. The Morgan fingerprint density at radius 1 is 1.08 bits per heavy atom. The molecule has 0 aliphatic carbocycles. The van der Waals surface area contributed by atoms with Gasteiger partial charge in [0.2, 0.25) is 0 Å². The van der Waals surface area contributed by atoms with E-state index in [1.807, 2.05) is 49.4 Å². The zero-order valence-corrected chi connectivity index (χ0v) is 14.8. The van der Waals surface area contributed by atoms with Crippen molar-refractivity contribution in [3.05, 3.63) is 65.2 Å². The van der Waals surface area contributed by atoms with Crippen molar-refractivity contribution in [1.29, 1.82) is 0 Å². The first-order valence-corrected chi connectivity index (χ1v) is 8.30. The normalized spacial score (nSPS) is 10.5. The van der Waals surface area contributed by atoms with E-state index in [2.05, 4.69) is 5.32 Å². The van der Waals surface area contributed by atoms with E-state index in [1.54, 1.807) is 12.1 Å². The molecule has 4 nitrogen and oxygen atoms in total. The molecule has 0 fully saturated rings. The van der Waals surface area contributed by atoms with Gasteiger partial charge < -0.3 is 14.8 Å². The third-order valence-electron chi connectivity index (χ3n) is 3.78. The number of amides is 1. The fraction of sp³-hybridized carbons (Fsp3) is 0.150. The van der Waals surface area contributed by atoms with E-state index in [4.69, 9.17) is 21.1 Å². The number of hydrogen-bond acceptors (Lipinski definition) is 3. The number of carbonyl (C=O) groups excluding carboxylic acids is 1. The fourth-order valence-electron chi connectivity index (χ4n) is 2.63. The number of rotatable bonds is 5. The second kappa shape index (κ2) is 7.45. The molecule has 5 heteroatoms. The van der Waals surface area contributed by atoms with Crippen LogP contribution in [0, 0.1) is 0 Å². The second-order valence-corrected chi connectivity index (χ2v) is 5.85. The van der Waals surface area contributed by atoms with Crippen molar-refractivity contribution < 1.29 is 14.3 Å². The van der Waals surface area contributed by atoms with Crippen LogP contribution in [0.3, 0.4) is 0 Å². The van der Waals surface area contributed by atoms with E-state index >= 15 is 0 Å². The Balaban J connectivity index is 1.89. The zero-order chi connectivity index (χ0) is 17.8. The number of methoxy groups -OCH3 is 1. The van der Waals surface area contributed by atoms with Gasteiger partial charge in [0.15, 0.2) is 11.5 Å². The summed E-state index contributed by atoms with van der Waals surface area (Å²) in [5.41, 5.74) is 1.12. The number of halogens is 1. The molecule has 0 aliphatic heterocycles. The molecule has 25 heavy (non-hydrogen) atoms. The van der Waals surface area contributed by atoms with Crippen LogP contribution in [0.15, 0.2) is 54.6 Å². The highest BCUT2D eigenvalue weighted by molar-refractivity contribution is 6.32. The van der Waals surface area contributed by atoms with E-state index in [1.165, 1.54) is 7.11 Å². The van der Waals surface area contributed by atoms with Crippen molar-refractivity contribution in [1.82, 2.24) is 0 Å². The van der Waals surface area contributed by atoms with Gasteiger partial charge >= 0.3 is 0 Å². The van der Waals surface area contributed by atoms with Gasteiger partial charge in [-0.2, -0.15) is 0 Å². The van der Waals surface area contributed by atoms with E-state index < -0.39 is 0 Å². The lowest BCUT2D eigenvalue weighted by molar-refractivity contribution is 0.102. The number of benzene rings is 3. The summed E-state index contributed by atoms with van der Waals surface area (Å²) in [6.07, 6.45) is 0. The standard InChI is InChI=1S/C20H18ClNO3/c1-3-25-18-12-15(11-17(21)19(18)24-2)20(23)22-16-9-8-13-6-4-5-7-14(13)10-16/h4-12H,3H2,1-2H3,(H,22,23). The molecule has 0 aromatic heterocycles. The zero-order valence-electron chi connectivity index (χ0n) is 14.0. The van der Waals surface area contributed by atoms with E-state index in [9.17, 15) is 4.79 Å². The predicted octanol–water partition coefficient (Wildman–Crippen LogP) is 5.15. The van der Waals surface area contributed by atoms with E-state index in [0.717, 1.165) is 10.8 Å². The molecular formula is C20H18ClNO3. The monoisotopic (exact) mass is 355 g/mol. The van der Waals surface area contributed by atoms with Gasteiger partial charge in [-0.05, 0) is 42.0 Å². The van der Waals surface area contributed by atoms with Crippen LogP contribution >= 0.6 is 11.6 Å². The number of hydrogen-bond donors (Lipinski definition) is 1. The molecule has 0 saturated carbocycles. The third kappa shape index (κ3) is 3.69. The fourth-order valence-corrected chi connectivity index (χ4v) is 2.92. The molecule has 0 spiro atoms. The summed E-state index contributed by atoms with van der Waals surface area (Å²) in [7, 11) is 1.51. The van der Waals surface area contributed by atoms with Gasteiger partial charge in [-0.15, -0.1) is 0 Å². The number of carbonyl (C=O) groups is 1. The molecule has 1 amide bonds. The maximum Gasteiger partial charge on any atom is 0.255 e. The summed E-state index contributed by atoms with van der Waals surface area (Å²) in [6, 6.07) is 16.9. The van der Waals surface area contributed by atoms with Gasteiger partial charge in [0, 0.05) is 11.3 Å². The molecule has 0 bridgehead atoms. The first kappa shape index (κ1) is 17.1. The molecule has 0 radical (unpaired) electrons. The number of fused-ring (bicyclic) bond motifs is 1. The van der Waals surface area contributed by atoms with Gasteiger partial charge in [-0.25, -0.2) is 0 Å².